The second kappa shape index (κ2) is 7.75. The highest BCUT2D eigenvalue weighted by Gasteiger charge is 2.20. The van der Waals surface area contributed by atoms with Crippen molar-refractivity contribution < 1.29 is 35.6 Å². The summed E-state index contributed by atoms with van der Waals surface area (Å²) >= 11 is 5.76. The molecule has 0 radical (unpaired) electrons. The lowest BCUT2D eigenvalue weighted by atomic mass is 10.3. The maximum absolute atomic E-state index is 12.3. The van der Waals surface area contributed by atoms with Crippen molar-refractivity contribution in [3.05, 3.63) is 41.4 Å². The summed E-state index contributed by atoms with van der Waals surface area (Å²) in [5.41, 5.74) is 0. The van der Waals surface area contributed by atoms with Gasteiger partial charge in [-0.25, -0.2) is 0 Å². The molecular formula is C15H13ClF2O6S. The van der Waals surface area contributed by atoms with Crippen LogP contribution in [0.1, 0.15) is 0 Å². The van der Waals surface area contributed by atoms with E-state index in [-0.39, 0.29) is 21.4 Å². The van der Waals surface area contributed by atoms with Crippen molar-refractivity contribution in [3.63, 3.8) is 0 Å². The van der Waals surface area contributed by atoms with E-state index < -0.39 is 16.7 Å². The number of hydrogen-bond donors (Lipinski definition) is 0. The summed E-state index contributed by atoms with van der Waals surface area (Å²) in [5.74, 6) is 0.241. The Labute approximate surface area is 148 Å². The summed E-state index contributed by atoms with van der Waals surface area (Å²) in [6.07, 6.45) is 0. The molecule has 0 spiro atoms. The molecule has 0 aliphatic carbocycles. The van der Waals surface area contributed by atoms with Gasteiger partial charge in [0.2, 0.25) is 0 Å². The third-order valence-corrected chi connectivity index (χ3v) is 4.48. The highest BCUT2D eigenvalue weighted by Crippen LogP contribution is 2.32. The molecule has 0 N–H and O–H groups in total. The van der Waals surface area contributed by atoms with E-state index >= 15 is 0 Å². The molecule has 0 atom stereocenters. The van der Waals surface area contributed by atoms with Gasteiger partial charge >= 0.3 is 16.7 Å². The second-order valence-corrected chi connectivity index (χ2v) is 6.51. The monoisotopic (exact) mass is 394 g/mol. The predicted molar refractivity (Wildman–Crippen MR) is 85.4 cm³/mol. The first-order valence-corrected chi connectivity index (χ1v) is 8.45. The molecule has 0 aliphatic rings. The van der Waals surface area contributed by atoms with Gasteiger partial charge in [0.1, 0.15) is 27.9 Å². The first-order chi connectivity index (χ1) is 11.7. The fourth-order valence-corrected chi connectivity index (χ4v) is 3.07. The highest BCUT2D eigenvalue weighted by atomic mass is 35.5. The first kappa shape index (κ1) is 19.1. The standard InChI is InChI=1S/C15H13ClF2O6S/c1-21-9-5-10(22-2)7-11(6-9)24-25(19,20)12-3-4-14(13(16)8-12)23-15(17)18/h3-8,15H,1-2H3. The highest BCUT2D eigenvalue weighted by molar-refractivity contribution is 7.87. The Bertz CT molecular complexity index is 835. The van der Waals surface area contributed by atoms with Crippen LogP contribution in [0.15, 0.2) is 41.3 Å². The molecule has 2 rings (SSSR count). The van der Waals surface area contributed by atoms with E-state index in [1.54, 1.807) is 0 Å². The zero-order chi connectivity index (χ0) is 18.6. The number of hydrogen-bond acceptors (Lipinski definition) is 6. The molecule has 0 saturated carbocycles. The van der Waals surface area contributed by atoms with Gasteiger partial charge in [-0.1, -0.05) is 11.6 Å². The molecule has 2 aromatic rings. The third kappa shape index (κ3) is 4.86. The lowest BCUT2D eigenvalue weighted by Gasteiger charge is -2.11. The van der Waals surface area contributed by atoms with Crippen LogP contribution in [0, 0.1) is 0 Å². The molecule has 6 nitrogen and oxygen atoms in total. The molecule has 10 heteroatoms. The lowest BCUT2D eigenvalue weighted by molar-refractivity contribution is -0.0498. The van der Waals surface area contributed by atoms with Crippen LogP contribution < -0.4 is 18.4 Å². The predicted octanol–water partition coefficient (Wildman–Crippen LogP) is 3.73. The maximum Gasteiger partial charge on any atom is 0.387 e. The largest absolute Gasteiger partial charge is 0.496 e. The average Bonchev–Trinajstić information content (AvgIpc) is 2.55. The van der Waals surface area contributed by atoms with Crippen LogP contribution in [0.5, 0.6) is 23.0 Å². The molecule has 0 unspecified atom stereocenters. The molecule has 25 heavy (non-hydrogen) atoms. The Hall–Kier alpha value is -2.26. The van der Waals surface area contributed by atoms with Gasteiger partial charge in [0.25, 0.3) is 0 Å². The molecule has 0 amide bonds. The number of rotatable bonds is 7. The van der Waals surface area contributed by atoms with Crippen LogP contribution in [-0.4, -0.2) is 29.2 Å². The Morgan fingerprint density at radius 1 is 0.960 bits per heavy atom. The van der Waals surface area contributed by atoms with Gasteiger partial charge in [-0.15, -0.1) is 0 Å². The summed E-state index contributed by atoms with van der Waals surface area (Å²) in [5, 5.41) is -0.298. The fraction of sp³-hybridized carbons (Fsp3) is 0.200. The van der Waals surface area contributed by atoms with Gasteiger partial charge < -0.3 is 18.4 Å². The Morgan fingerprint density at radius 2 is 1.52 bits per heavy atom. The van der Waals surface area contributed by atoms with Crippen LogP contribution in [-0.2, 0) is 10.1 Å². The van der Waals surface area contributed by atoms with Gasteiger partial charge in [0.15, 0.2) is 0 Å². The van der Waals surface area contributed by atoms with Crippen molar-refractivity contribution in [3.8, 4) is 23.0 Å². The number of alkyl halides is 2. The van der Waals surface area contributed by atoms with Crippen molar-refractivity contribution in [2.24, 2.45) is 0 Å². The van der Waals surface area contributed by atoms with Crippen LogP contribution in [0.25, 0.3) is 0 Å². The molecule has 0 bridgehead atoms. The summed E-state index contributed by atoms with van der Waals surface area (Å²) in [6, 6.07) is 7.22. The SMILES string of the molecule is COc1cc(OC)cc(OS(=O)(=O)c2ccc(OC(F)F)c(Cl)c2)c1. The van der Waals surface area contributed by atoms with E-state index in [4.69, 9.17) is 25.3 Å². The molecule has 2 aromatic carbocycles. The lowest BCUT2D eigenvalue weighted by Crippen LogP contribution is -2.10. The van der Waals surface area contributed by atoms with Crippen LogP contribution in [0.3, 0.4) is 0 Å². The summed E-state index contributed by atoms with van der Waals surface area (Å²) in [6.45, 7) is -3.08. The third-order valence-electron chi connectivity index (χ3n) is 2.94. The molecule has 0 heterocycles. The van der Waals surface area contributed by atoms with Gasteiger partial charge in [-0.2, -0.15) is 17.2 Å². The average molecular weight is 395 g/mol. The van der Waals surface area contributed by atoms with E-state index in [9.17, 15) is 17.2 Å². The Balaban J connectivity index is 2.32. The van der Waals surface area contributed by atoms with E-state index in [2.05, 4.69) is 4.74 Å². The smallest absolute Gasteiger partial charge is 0.387 e. The summed E-state index contributed by atoms with van der Waals surface area (Å²) < 4.78 is 68.3. The summed E-state index contributed by atoms with van der Waals surface area (Å²) in [4.78, 5) is -0.332. The zero-order valence-corrected chi connectivity index (χ0v) is 14.6. The molecule has 0 aliphatic heterocycles. The molecule has 136 valence electrons. The minimum atomic E-state index is -4.27. The summed E-state index contributed by atoms with van der Waals surface area (Å²) in [7, 11) is -1.47. The fourth-order valence-electron chi connectivity index (χ4n) is 1.83. The van der Waals surface area contributed by atoms with Crippen LogP contribution >= 0.6 is 11.6 Å². The Kier molecular flexibility index (Phi) is 5.91. The van der Waals surface area contributed by atoms with Crippen molar-refractivity contribution in [1.82, 2.24) is 0 Å². The molecule has 0 aromatic heterocycles. The maximum atomic E-state index is 12.3. The van der Waals surface area contributed by atoms with Crippen LogP contribution in [0.4, 0.5) is 8.78 Å². The number of methoxy groups -OCH3 is 2. The second-order valence-electron chi connectivity index (χ2n) is 4.56. The number of ether oxygens (including phenoxy) is 3. The van der Waals surface area contributed by atoms with Gasteiger partial charge in [-0.05, 0) is 18.2 Å². The molecule has 0 saturated heterocycles. The van der Waals surface area contributed by atoms with Gasteiger partial charge in [0, 0.05) is 18.2 Å². The van der Waals surface area contributed by atoms with Gasteiger partial charge in [0.05, 0.1) is 19.2 Å². The minimum absolute atomic E-state index is 0.0553. The first-order valence-electron chi connectivity index (χ1n) is 6.67. The van der Waals surface area contributed by atoms with Crippen molar-refractivity contribution >= 4 is 21.7 Å². The van der Waals surface area contributed by atoms with Crippen molar-refractivity contribution in [2.75, 3.05) is 14.2 Å². The quantitative estimate of drug-likeness (QED) is 0.666. The zero-order valence-electron chi connectivity index (χ0n) is 13.0. The van der Waals surface area contributed by atoms with Crippen molar-refractivity contribution in [2.45, 2.75) is 11.5 Å². The number of benzene rings is 2. The number of halogens is 3. The van der Waals surface area contributed by atoms with E-state index in [0.717, 1.165) is 18.2 Å². The topological polar surface area (TPSA) is 71.1 Å². The van der Waals surface area contributed by atoms with E-state index in [1.165, 1.54) is 32.4 Å². The van der Waals surface area contributed by atoms with Gasteiger partial charge in [-0.3, -0.25) is 0 Å². The van der Waals surface area contributed by atoms with E-state index in [0.29, 0.717) is 11.5 Å². The minimum Gasteiger partial charge on any atom is -0.496 e. The Morgan fingerprint density at radius 3 is 2.00 bits per heavy atom. The molecular weight excluding hydrogens is 382 g/mol. The van der Waals surface area contributed by atoms with E-state index in [1.807, 2.05) is 0 Å². The normalized spacial score (nSPS) is 11.3. The van der Waals surface area contributed by atoms with Crippen molar-refractivity contribution in [1.29, 1.82) is 0 Å². The molecule has 0 fully saturated rings. The van der Waals surface area contributed by atoms with Crippen LogP contribution in [0.2, 0.25) is 5.02 Å².